The topological polar surface area (TPSA) is 40.9 Å². The largest absolute Gasteiger partial charge is 0.297 e. The van der Waals surface area contributed by atoms with Crippen molar-refractivity contribution in [1.82, 2.24) is 0 Å². The van der Waals surface area contributed by atoms with Gasteiger partial charge >= 0.3 is 0 Å². The van der Waals surface area contributed by atoms with E-state index in [1.54, 1.807) is 12.1 Å². The van der Waals surface area contributed by atoms with Crippen molar-refractivity contribution in [3.05, 3.63) is 35.6 Å². The van der Waals surface area contributed by atoms with Gasteiger partial charge in [-0.1, -0.05) is 38.8 Å². The second-order valence-corrected chi connectivity index (χ2v) is 6.57. The molecular formula is C18H22FNO. The maximum atomic E-state index is 13.4. The minimum Gasteiger partial charge on any atom is -0.297 e. The Kier molecular flexibility index (Phi) is 4.77. The van der Waals surface area contributed by atoms with Crippen molar-refractivity contribution < 1.29 is 9.18 Å². The van der Waals surface area contributed by atoms with Crippen LogP contribution in [0.1, 0.15) is 57.4 Å². The van der Waals surface area contributed by atoms with Crippen LogP contribution in [0.2, 0.25) is 0 Å². The van der Waals surface area contributed by atoms with E-state index in [1.165, 1.54) is 12.1 Å². The highest BCUT2D eigenvalue weighted by Crippen LogP contribution is 2.46. The molecule has 1 saturated carbocycles. The second kappa shape index (κ2) is 6.39. The summed E-state index contributed by atoms with van der Waals surface area (Å²) < 4.78 is 13.4. The van der Waals surface area contributed by atoms with E-state index in [0.29, 0.717) is 11.5 Å². The Labute approximate surface area is 126 Å². The summed E-state index contributed by atoms with van der Waals surface area (Å²) in [6, 6.07) is 7.98. The maximum absolute atomic E-state index is 13.4. The molecule has 1 aliphatic rings. The number of nitriles is 1. The summed E-state index contributed by atoms with van der Waals surface area (Å²) >= 11 is 0. The van der Waals surface area contributed by atoms with Crippen LogP contribution in [0, 0.1) is 28.5 Å². The molecule has 2 nitrogen and oxygen atoms in total. The zero-order chi connectivity index (χ0) is 15.5. The molecule has 0 radical (unpaired) electrons. The zero-order valence-electron chi connectivity index (χ0n) is 12.7. The Bertz CT molecular complexity index is 553. The molecule has 1 aliphatic carbocycles. The van der Waals surface area contributed by atoms with Crippen LogP contribution in [0.25, 0.3) is 0 Å². The van der Waals surface area contributed by atoms with Crippen LogP contribution in [-0.4, -0.2) is 5.78 Å². The fourth-order valence-electron chi connectivity index (χ4n) is 3.66. The van der Waals surface area contributed by atoms with Gasteiger partial charge in [0.15, 0.2) is 5.78 Å². The van der Waals surface area contributed by atoms with Crippen LogP contribution in [0.5, 0.6) is 0 Å². The fourth-order valence-corrected chi connectivity index (χ4v) is 3.66. The van der Waals surface area contributed by atoms with Crippen molar-refractivity contribution in [2.24, 2.45) is 11.3 Å². The minimum absolute atomic E-state index is 0.0122. The lowest BCUT2D eigenvalue weighted by atomic mass is 9.70. The van der Waals surface area contributed by atoms with Crippen molar-refractivity contribution in [3.63, 3.8) is 0 Å². The van der Waals surface area contributed by atoms with E-state index in [-0.39, 0.29) is 11.2 Å². The van der Waals surface area contributed by atoms with E-state index in [0.717, 1.165) is 32.1 Å². The zero-order valence-corrected chi connectivity index (χ0v) is 12.7. The average Bonchev–Trinajstić information content (AvgIpc) is 2.88. The molecule has 1 aromatic rings. The molecule has 0 N–H and O–H groups in total. The molecular weight excluding hydrogens is 265 g/mol. The van der Waals surface area contributed by atoms with Crippen LogP contribution >= 0.6 is 0 Å². The van der Waals surface area contributed by atoms with Crippen molar-refractivity contribution >= 4 is 5.78 Å². The average molecular weight is 287 g/mol. The van der Waals surface area contributed by atoms with E-state index >= 15 is 0 Å². The highest BCUT2D eigenvalue weighted by Gasteiger charge is 2.44. The van der Waals surface area contributed by atoms with Crippen LogP contribution in [-0.2, 0) is 4.79 Å². The smallest absolute Gasteiger partial charge is 0.160 e. The van der Waals surface area contributed by atoms with E-state index in [1.807, 2.05) is 0 Å². The summed E-state index contributed by atoms with van der Waals surface area (Å²) in [7, 11) is 0. The number of carbonyl (C=O) groups is 1. The molecule has 21 heavy (non-hydrogen) atoms. The van der Waals surface area contributed by atoms with Crippen molar-refractivity contribution in [3.8, 4) is 6.07 Å². The predicted octanol–water partition coefficient (Wildman–Crippen LogP) is 4.61. The molecule has 0 heterocycles. The van der Waals surface area contributed by atoms with E-state index in [4.69, 9.17) is 0 Å². The number of Topliss-reactive ketones (excluding diaryl/α,β-unsaturated/α-hetero) is 1. The SMILES string of the molecule is CC(C)CC1(C(=O)C(C#N)c2cccc(F)c2)CCCC1. The van der Waals surface area contributed by atoms with E-state index < -0.39 is 11.7 Å². The molecule has 1 unspecified atom stereocenters. The quantitative estimate of drug-likeness (QED) is 0.793. The first-order valence-corrected chi connectivity index (χ1v) is 7.68. The Morgan fingerprint density at radius 1 is 1.38 bits per heavy atom. The minimum atomic E-state index is -0.849. The Balaban J connectivity index is 2.32. The van der Waals surface area contributed by atoms with Gasteiger partial charge in [0.05, 0.1) is 6.07 Å². The Morgan fingerprint density at radius 3 is 2.57 bits per heavy atom. The number of hydrogen-bond donors (Lipinski definition) is 0. The Hall–Kier alpha value is -1.69. The number of carbonyl (C=O) groups excluding carboxylic acids is 1. The van der Waals surface area contributed by atoms with Gasteiger partial charge in [-0.15, -0.1) is 0 Å². The van der Waals surface area contributed by atoms with Gasteiger partial charge in [-0.3, -0.25) is 4.79 Å². The fraction of sp³-hybridized carbons (Fsp3) is 0.556. The van der Waals surface area contributed by atoms with Gasteiger partial charge < -0.3 is 0 Å². The highest BCUT2D eigenvalue weighted by molar-refractivity contribution is 5.93. The monoisotopic (exact) mass is 287 g/mol. The summed E-state index contributed by atoms with van der Waals surface area (Å²) in [5.74, 6) is -0.844. The van der Waals surface area contributed by atoms with E-state index in [2.05, 4.69) is 19.9 Å². The van der Waals surface area contributed by atoms with Gasteiger partial charge in [0.25, 0.3) is 0 Å². The van der Waals surface area contributed by atoms with Crippen molar-refractivity contribution in [2.45, 2.75) is 51.9 Å². The highest BCUT2D eigenvalue weighted by atomic mass is 19.1. The maximum Gasteiger partial charge on any atom is 0.160 e. The number of nitrogens with zero attached hydrogens (tertiary/aromatic N) is 1. The molecule has 1 fully saturated rings. The van der Waals surface area contributed by atoms with Gasteiger partial charge in [0.2, 0.25) is 0 Å². The van der Waals surface area contributed by atoms with Crippen LogP contribution in [0.4, 0.5) is 4.39 Å². The van der Waals surface area contributed by atoms with Gasteiger partial charge in [-0.2, -0.15) is 5.26 Å². The summed E-state index contributed by atoms with van der Waals surface area (Å²) in [5, 5.41) is 9.46. The van der Waals surface area contributed by atoms with Gasteiger partial charge in [0.1, 0.15) is 11.7 Å². The number of hydrogen-bond acceptors (Lipinski definition) is 2. The first kappa shape index (κ1) is 15.7. The molecule has 0 spiro atoms. The third-order valence-corrected chi connectivity index (χ3v) is 4.46. The van der Waals surface area contributed by atoms with Crippen LogP contribution < -0.4 is 0 Å². The Morgan fingerprint density at radius 2 is 2.05 bits per heavy atom. The molecule has 2 rings (SSSR count). The molecule has 3 heteroatoms. The summed E-state index contributed by atoms with van der Waals surface area (Å²) in [6.45, 7) is 4.22. The lowest BCUT2D eigenvalue weighted by Crippen LogP contribution is -2.33. The number of benzene rings is 1. The molecule has 1 atom stereocenters. The lowest BCUT2D eigenvalue weighted by molar-refractivity contribution is -0.129. The predicted molar refractivity (Wildman–Crippen MR) is 80.1 cm³/mol. The first-order valence-electron chi connectivity index (χ1n) is 7.68. The molecule has 112 valence electrons. The van der Waals surface area contributed by atoms with Crippen LogP contribution in [0.15, 0.2) is 24.3 Å². The molecule has 0 saturated heterocycles. The molecule has 1 aromatic carbocycles. The van der Waals surface area contributed by atoms with Gasteiger partial charge in [0, 0.05) is 5.41 Å². The summed E-state index contributed by atoms with van der Waals surface area (Å²) in [5.41, 5.74) is 0.0958. The number of ketones is 1. The second-order valence-electron chi connectivity index (χ2n) is 6.57. The van der Waals surface area contributed by atoms with Gasteiger partial charge in [-0.05, 0) is 42.9 Å². The van der Waals surface area contributed by atoms with Gasteiger partial charge in [-0.25, -0.2) is 4.39 Å². The van der Waals surface area contributed by atoms with Crippen LogP contribution in [0.3, 0.4) is 0 Å². The van der Waals surface area contributed by atoms with E-state index in [9.17, 15) is 14.4 Å². The summed E-state index contributed by atoms with van der Waals surface area (Å²) in [4.78, 5) is 13.0. The number of rotatable bonds is 5. The third-order valence-electron chi connectivity index (χ3n) is 4.46. The standard InChI is InChI=1S/C18H22FNO/c1-13(2)11-18(8-3-4-9-18)17(21)16(12-20)14-6-5-7-15(19)10-14/h5-7,10,13,16H,3-4,8-9,11H2,1-2H3. The third kappa shape index (κ3) is 3.32. The summed E-state index contributed by atoms with van der Waals surface area (Å²) in [6.07, 6.45) is 4.62. The van der Waals surface area contributed by atoms with Crippen molar-refractivity contribution in [2.75, 3.05) is 0 Å². The molecule has 0 aliphatic heterocycles. The van der Waals surface area contributed by atoms with Crippen molar-refractivity contribution in [1.29, 1.82) is 5.26 Å². The molecule has 0 bridgehead atoms. The normalized spacial score (nSPS) is 18.4. The lowest BCUT2D eigenvalue weighted by Gasteiger charge is -2.31. The first-order chi connectivity index (χ1) is 9.98. The molecule has 0 aromatic heterocycles. The molecule has 0 amide bonds. The number of halogens is 1.